The first-order chi connectivity index (χ1) is 18.1. The van der Waals surface area contributed by atoms with Gasteiger partial charge in [0.05, 0.1) is 35.9 Å². The number of nitrogens with one attached hydrogen (secondary N) is 2. The molecule has 2 aromatic heterocycles. The van der Waals surface area contributed by atoms with Gasteiger partial charge in [-0.15, -0.1) is 0 Å². The van der Waals surface area contributed by atoms with Crippen molar-refractivity contribution >= 4 is 42.1 Å². The molecular weight excluding hydrogens is 530 g/mol. The third-order valence-corrected chi connectivity index (χ3v) is 8.62. The van der Waals surface area contributed by atoms with Crippen molar-refractivity contribution in [1.29, 1.82) is 0 Å². The maximum Gasteiger partial charge on any atom is 0.319 e. The molecule has 2 N–H and O–H groups in total. The summed E-state index contributed by atoms with van der Waals surface area (Å²) < 4.78 is 63.9. The fourth-order valence-electron chi connectivity index (χ4n) is 3.91. The summed E-state index contributed by atoms with van der Waals surface area (Å²) in [6, 6.07) is 11.5. The van der Waals surface area contributed by atoms with Crippen LogP contribution in [0.25, 0.3) is 22.0 Å². The van der Waals surface area contributed by atoms with Crippen molar-refractivity contribution in [3.05, 3.63) is 54.9 Å². The molecule has 0 amide bonds. The molecule has 0 unspecified atom stereocenters. The number of pyridine rings is 1. The molecule has 5 rings (SSSR count). The van der Waals surface area contributed by atoms with Crippen LogP contribution in [0, 0.1) is 0 Å². The lowest BCUT2D eigenvalue weighted by Gasteiger charge is -2.17. The Morgan fingerprint density at radius 1 is 0.947 bits per heavy atom. The maximum atomic E-state index is 13.3. The van der Waals surface area contributed by atoms with Crippen molar-refractivity contribution in [3.63, 3.8) is 0 Å². The number of fused-ring (bicyclic) bond motifs is 1. The normalized spacial score (nSPS) is 13.9. The molecule has 4 aromatic rings. The highest BCUT2D eigenvalue weighted by Crippen LogP contribution is 2.37. The van der Waals surface area contributed by atoms with Crippen LogP contribution in [0.2, 0.25) is 0 Å². The van der Waals surface area contributed by atoms with E-state index in [4.69, 9.17) is 9.47 Å². The number of ether oxygens (including phenoxy) is 2. The predicted octanol–water partition coefficient (Wildman–Crippen LogP) is 3.30. The molecule has 1 aliphatic rings. The molecular formula is C25H25N5O6S2. The van der Waals surface area contributed by atoms with Gasteiger partial charge >= 0.3 is 6.01 Å². The second-order valence-electron chi connectivity index (χ2n) is 8.83. The van der Waals surface area contributed by atoms with Crippen LogP contribution in [0.1, 0.15) is 12.8 Å². The Balaban J connectivity index is 1.66. The van der Waals surface area contributed by atoms with E-state index < -0.39 is 19.9 Å². The summed E-state index contributed by atoms with van der Waals surface area (Å²) >= 11 is 0. The summed E-state index contributed by atoms with van der Waals surface area (Å²) in [4.78, 5) is 12.9. The van der Waals surface area contributed by atoms with Crippen LogP contribution >= 0.6 is 0 Å². The van der Waals surface area contributed by atoms with Gasteiger partial charge < -0.3 is 14.8 Å². The van der Waals surface area contributed by atoms with Crippen LogP contribution in [0.15, 0.2) is 64.6 Å². The molecule has 0 saturated heterocycles. The van der Waals surface area contributed by atoms with Gasteiger partial charge in [-0.2, -0.15) is 4.98 Å². The van der Waals surface area contributed by atoms with E-state index in [2.05, 4.69) is 25.0 Å². The molecule has 1 saturated carbocycles. The fraction of sp³-hybridized carbons (Fsp3) is 0.240. The maximum absolute atomic E-state index is 13.3. The van der Waals surface area contributed by atoms with Gasteiger partial charge in [-0.25, -0.2) is 26.5 Å². The SMILES string of the molecule is COc1ncc(-c2ccc3c(Nc4cccc(S(C)(=O)=O)c4)c(S(=O)(=O)NC4CC4)cnc3c2)c(OC)n1. The van der Waals surface area contributed by atoms with E-state index in [1.165, 1.54) is 32.5 Å². The predicted molar refractivity (Wildman–Crippen MR) is 142 cm³/mol. The van der Waals surface area contributed by atoms with Crippen molar-refractivity contribution in [3.8, 4) is 23.0 Å². The molecule has 1 aliphatic carbocycles. The number of benzene rings is 2. The summed E-state index contributed by atoms with van der Waals surface area (Å²) in [6.07, 6.45) is 5.52. The topological polar surface area (TPSA) is 149 Å². The lowest BCUT2D eigenvalue weighted by Crippen LogP contribution is -2.26. The largest absolute Gasteiger partial charge is 0.480 e. The molecule has 2 heterocycles. The number of aromatic nitrogens is 3. The molecule has 13 heteroatoms. The van der Waals surface area contributed by atoms with Crippen LogP contribution in [-0.2, 0) is 19.9 Å². The second-order valence-corrected chi connectivity index (χ2v) is 12.5. The van der Waals surface area contributed by atoms with E-state index in [1.807, 2.05) is 0 Å². The Bertz CT molecular complexity index is 1760. The fourth-order valence-corrected chi connectivity index (χ4v) is 6.00. The Morgan fingerprint density at radius 2 is 1.74 bits per heavy atom. The third-order valence-electron chi connectivity index (χ3n) is 5.97. The number of methoxy groups -OCH3 is 2. The van der Waals surface area contributed by atoms with Gasteiger partial charge in [0, 0.05) is 35.8 Å². The molecule has 1 fully saturated rings. The van der Waals surface area contributed by atoms with Crippen molar-refractivity contribution in [2.45, 2.75) is 28.7 Å². The van der Waals surface area contributed by atoms with Crippen LogP contribution in [-0.4, -0.2) is 58.3 Å². The zero-order chi connectivity index (χ0) is 27.1. The molecule has 198 valence electrons. The average molecular weight is 556 g/mol. The summed E-state index contributed by atoms with van der Waals surface area (Å²) in [6.45, 7) is 0. The molecule has 38 heavy (non-hydrogen) atoms. The summed E-state index contributed by atoms with van der Waals surface area (Å²) in [5, 5.41) is 3.65. The van der Waals surface area contributed by atoms with E-state index >= 15 is 0 Å². The van der Waals surface area contributed by atoms with Gasteiger partial charge in [0.25, 0.3) is 0 Å². The molecule has 0 spiro atoms. The van der Waals surface area contributed by atoms with Gasteiger partial charge in [0.15, 0.2) is 9.84 Å². The van der Waals surface area contributed by atoms with E-state index in [1.54, 1.807) is 36.5 Å². The highest BCUT2D eigenvalue weighted by molar-refractivity contribution is 7.90. The highest BCUT2D eigenvalue weighted by Gasteiger charge is 2.30. The van der Waals surface area contributed by atoms with Crippen LogP contribution in [0.4, 0.5) is 11.4 Å². The number of hydrogen-bond donors (Lipinski definition) is 2. The van der Waals surface area contributed by atoms with Gasteiger partial charge in [-0.05, 0) is 42.7 Å². The number of sulfone groups is 1. The molecule has 0 atom stereocenters. The van der Waals surface area contributed by atoms with Crippen molar-refractivity contribution in [1.82, 2.24) is 19.7 Å². The number of anilines is 2. The summed E-state index contributed by atoms with van der Waals surface area (Å²) in [5.74, 6) is 0.306. The number of sulfonamides is 1. The summed E-state index contributed by atoms with van der Waals surface area (Å²) in [7, 11) is -4.43. The molecule has 0 radical (unpaired) electrons. The lowest BCUT2D eigenvalue weighted by atomic mass is 10.0. The van der Waals surface area contributed by atoms with E-state index in [0.717, 1.165) is 19.1 Å². The van der Waals surface area contributed by atoms with Crippen molar-refractivity contribution < 1.29 is 26.3 Å². The number of nitrogens with zero attached hydrogens (tertiary/aromatic N) is 3. The minimum atomic E-state index is -3.91. The van der Waals surface area contributed by atoms with E-state index in [0.29, 0.717) is 33.6 Å². The van der Waals surface area contributed by atoms with Crippen molar-refractivity contribution in [2.75, 3.05) is 25.8 Å². The Hall–Kier alpha value is -3.81. The number of rotatable bonds is 9. The van der Waals surface area contributed by atoms with Gasteiger partial charge in [-0.3, -0.25) is 4.98 Å². The third kappa shape index (κ3) is 5.26. The minimum Gasteiger partial charge on any atom is -0.480 e. The first-order valence-electron chi connectivity index (χ1n) is 11.6. The minimum absolute atomic E-state index is 0.0419. The zero-order valence-electron chi connectivity index (χ0n) is 20.8. The Morgan fingerprint density at radius 3 is 2.42 bits per heavy atom. The summed E-state index contributed by atoms with van der Waals surface area (Å²) in [5.41, 5.74) is 2.48. The van der Waals surface area contributed by atoms with Crippen LogP contribution in [0.5, 0.6) is 11.9 Å². The number of hydrogen-bond acceptors (Lipinski definition) is 10. The monoisotopic (exact) mass is 555 g/mol. The molecule has 0 bridgehead atoms. The van der Waals surface area contributed by atoms with Crippen molar-refractivity contribution in [2.24, 2.45) is 0 Å². The van der Waals surface area contributed by atoms with E-state index in [9.17, 15) is 16.8 Å². The van der Waals surface area contributed by atoms with Crippen LogP contribution in [0.3, 0.4) is 0 Å². The average Bonchev–Trinajstić information content (AvgIpc) is 3.71. The Labute approximate surface area is 220 Å². The molecule has 2 aromatic carbocycles. The second kappa shape index (κ2) is 9.82. The quantitative estimate of drug-likeness (QED) is 0.315. The Kier molecular flexibility index (Phi) is 6.67. The lowest BCUT2D eigenvalue weighted by molar-refractivity contribution is 0.353. The van der Waals surface area contributed by atoms with Gasteiger partial charge in [0.1, 0.15) is 4.90 Å². The molecule has 0 aliphatic heterocycles. The first kappa shape index (κ1) is 25.8. The van der Waals surface area contributed by atoms with Gasteiger partial charge in [-0.1, -0.05) is 18.2 Å². The zero-order valence-corrected chi connectivity index (χ0v) is 22.4. The van der Waals surface area contributed by atoms with Crippen LogP contribution < -0.4 is 19.5 Å². The molecule has 11 nitrogen and oxygen atoms in total. The standard InChI is InChI=1S/C25H25N5O6S2/c1-35-24-20(13-27-25(29-24)36-2)15-7-10-19-21(11-15)26-14-22(38(33,34)30-16-8-9-16)23(19)28-17-5-4-6-18(12-17)37(3,31)32/h4-7,10-14,16,30H,8-9H2,1-3H3,(H,26,28). The first-order valence-corrected chi connectivity index (χ1v) is 14.9. The van der Waals surface area contributed by atoms with Gasteiger partial charge in [0.2, 0.25) is 15.9 Å². The smallest absolute Gasteiger partial charge is 0.319 e. The highest BCUT2D eigenvalue weighted by atomic mass is 32.2. The van der Waals surface area contributed by atoms with E-state index in [-0.39, 0.29) is 27.5 Å².